The van der Waals surface area contributed by atoms with E-state index in [1.54, 1.807) is 13.3 Å². The quantitative estimate of drug-likeness (QED) is 0.504. The Bertz CT molecular complexity index is 641. The lowest BCUT2D eigenvalue weighted by Crippen LogP contribution is -2.32. The normalized spacial score (nSPS) is 10.9. The van der Waals surface area contributed by atoms with Crippen molar-refractivity contribution in [3.05, 3.63) is 59.9 Å². The highest BCUT2D eigenvalue weighted by Crippen LogP contribution is 2.14. The molecule has 0 saturated carbocycles. The van der Waals surface area contributed by atoms with Gasteiger partial charge in [0, 0.05) is 18.3 Å². The van der Waals surface area contributed by atoms with Gasteiger partial charge in [0.25, 0.3) is 0 Å². The van der Waals surface area contributed by atoms with Crippen molar-refractivity contribution in [1.82, 2.24) is 15.7 Å². The lowest BCUT2D eigenvalue weighted by atomic mass is 10.1. The molecule has 0 bridgehead atoms. The first-order valence-corrected chi connectivity index (χ1v) is 7.32. The van der Waals surface area contributed by atoms with Crippen molar-refractivity contribution in [2.75, 3.05) is 13.7 Å². The van der Waals surface area contributed by atoms with Crippen LogP contribution in [0.15, 0.2) is 53.8 Å². The van der Waals surface area contributed by atoms with Crippen molar-refractivity contribution in [1.29, 1.82) is 0 Å². The number of aromatic nitrogens is 1. The maximum atomic E-state index is 5.18. The second-order valence-electron chi connectivity index (χ2n) is 4.38. The van der Waals surface area contributed by atoms with E-state index in [0.717, 1.165) is 23.6 Å². The number of ether oxygens (including phenoxy) is 1. The van der Waals surface area contributed by atoms with Gasteiger partial charge in [-0.3, -0.25) is 10.4 Å². The van der Waals surface area contributed by atoms with Crippen LogP contribution in [0.3, 0.4) is 0 Å². The van der Waals surface area contributed by atoms with Crippen LogP contribution in [-0.4, -0.2) is 29.5 Å². The van der Waals surface area contributed by atoms with E-state index in [1.807, 2.05) is 49.4 Å². The highest BCUT2D eigenvalue weighted by atomic mass is 32.1. The minimum atomic E-state index is 0.476. The van der Waals surface area contributed by atoms with E-state index >= 15 is 0 Å². The predicted molar refractivity (Wildman–Crippen MR) is 92.3 cm³/mol. The van der Waals surface area contributed by atoms with E-state index in [4.69, 9.17) is 17.0 Å². The number of pyridine rings is 1. The predicted octanol–water partition coefficient (Wildman–Crippen LogP) is 2.33. The highest BCUT2D eigenvalue weighted by Gasteiger charge is 2.09. The van der Waals surface area contributed by atoms with E-state index in [9.17, 15) is 0 Å². The Morgan fingerprint density at radius 1 is 1.23 bits per heavy atom. The van der Waals surface area contributed by atoms with Gasteiger partial charge in [0.1, 0.15) is 11.5 Å². The lowest BCUT2D eigenvalue weighted by Gasteiger charge is -2.09. The van der Waals surface area contributed by atoms with Gasteiger partial charge >= 0.3 is 0 Å². The summed E-state index contributed by atoms with van der Waals surface area (Å²) in [4.78, 5) is 4.36. The Balaban J connectivity index is 2.32. The zero-order valence-corrected chi connectivity index (χ0v) is 13.4. The zero-order chi connectivity index (χ0) is 15.8. The molecule has 2 aromatic rings. The summed E-state index contributed by atoms with van der Waals surface area (Å²) in [6.07, 6.45) is 1.73. The van der Waals surface area contributed by atoms with Crippen LogP contribution in [0.1, 0.15) is 18.2 Å². The molecule has 0 radical (unpaired) electrons. The average Bonchev–Trinajstić information content (AvgIpc) is 2.57. The smallest absolute Gasteiger partial charge is 0.186 e. The molecule has 114 valence electrons. The molecule has 5 nitrogen and oxygen atoms in total. The summed E-state index contributed by atoms with van der Waals surface area (Å²) in [7, 11) is 1.64. The lowest BCUT2D eigenvalue weighted by molar-refractivity contribution is 0.415. The van der Waals surface area contributed by atoms with Gasteiger partial charge in [-0.1, -0.05) is 6.07 Å². The van der Waals surface area contributed by atoms with Crippen molar-refractivity contribution in [2.45, 2.75) is 6.92 Å². The summed E-state index contributed by atoms with van der Waals surface area (Å²) < 4.78 is 5.18. The molecule has 0 amide bonds. The van der Waals surface area contributed by atoms with Crippen molar-refractivity contribution >= 4 is 23.0 Å². The zero-order valence-electron chi connectivity index (χ0n) is 12.5. The van der Waals surface area contributed by atoms with Gasteiger partial charge in [0.15, 0.2) is 5.11 Å². The van der Waals surface area contributed by atoms with E-state index < -0.39 is 0 Å². The Hall–Kier alpha value is -2.47. The number of rotatable bonds is 5. The summed E-state index contributed by atoms with van der Waals surface area (Å²) in [5.41, 5.74) is 5.24. The second-order valence-corrected chi connectivity index (χ2v) is 4.78. The Labute approximate surface area is 135 Å². The summed E-state index contributed by atoms with van der Waals surface area (Å²) in [6.45, 7) is 2.71. The first-order valence-electron chi connectivity index (χ1n) is 6.92. The molecule has 0 fully saturated rings. The van der Waals surface area contributed by atoms with Crippen LogP contribution in [0.4, 0.5) is 0 Å². The molecule has 2 rings (SSSR count). The molecule has 0 aliphatic heterocycles. The molecular weight excluding hydrogens is 296 g/mol. The monoisotopic (exact) mass is 314 g/mol. The van der Waals surface area contributed by atoms with Crippen LogP contribution in [0.25, 0.3) is 0 Å². The third kappa shape index (κ3) is 4.26. The molecule has 0 atom stereocenters. The average molecular weight is 314 g/mol. The minimum absolute atomic E-state index is 0.476. The number of thiocarbonyl (C=S) groups is 1. The van der Waals surface area contributed by atoms with Crippen LogP contribution in [0.2, 0.25) is 0 Å². The van der Waals surface area contributed by atoms with Gasteiger partial charge in [0.05, 0.1) is 12.8 Å². The number of nitrogens with zero attached hydrogens (tertiary/aromatic N) is 2. The molecule has 1 aromatic heterocycles. The van der Waals surface area contributed by atoms with Gasteiger partial charge < -0.3 is 10.1 Å². The fourth-order valence-corrected chi connectivity index (χ4v) is 2.02. The molecular formula is C16H18N4OS. The minimum Gasteiger partial charge on any atom is -0.497 e. The standard InChI is InChI=1S/C16H18N4OS/c1-3-17-16(22)20-19-15(14-6-4-5-11-18-14)12-7-9-13(21-2)10-8-12/h4-11H,3H2,1-2H3,(H2,17,20,22)/b19-15+. The summed E-state index contributed by atoms with van der Waals surface area (Å²) in [5, 5.41) is 7.87. The summed E-state index contributed by atoms with van der Waals surface area (Å²) >= 11 is 5.14. The number of benzene rings is 1. The van der Waals surface area contributed by atoms with Crippen molar-refractivity contribution < 1.29 is 4.74 Å². The summed E-state index contributed by atoms with van der Waals surface area (Å²) in [6, 6.07) is 13.3. The number of hydrazone groups is 1. The van der Waals surface area contributed by atoms with Crippen molar-refractivity contribution in [3.63, 3.8) is 0 Å². The fraction of sp³-hybridized carbons (Fsp3) is 0.188. The van der Waals surface area contributed by atoms with Crippen LogP contribution in [0, 0.1) is 0 Å². The largest absolute Gasteiger partial charge is 0.497 e. The van der Waals surface area contributed by atoms with E-state index in [0.29, 0.717) is 10.8 Å². The van der Waals surface area contributed by atoms with Crippen LogP contribution in [0.5, 0.6) is 5.75 Å². The van der Waals surface area contributed by atoms with Crippen molar-refractivity contribution in [3.8, 4) is 5.75 Å². The molecule has 0 unspecified atom stereocenters. The molecule has 0 aliphatic rings. The number of nitrogens with one attached hydrogen (secondary N) is 2. The van der Waals surface area contributed by atoms with Crippen LogP contribution < -0.4 is 15.5 Å². The first-order chi connectivity index (χ1) is 10.7. The van der Waals surface area contributed by atoms with Crippen LogP contribution in [-0.2, 0) is 0 Å². The van der Waals surface area contributed by atoms with E-state index in [1.165, 1.54) is 0 Å². The molecule has 0 aliphatic carbocycles. The maximum Gasteiger partial charge on any atom is 0.186 e. The SMILES string of the molecule is CCNC(=S)N/N=C(\c1ccc(OC)cc1)c1ccccn1. The van der Waals surface area contributed by atoms with Gasteiger partial charge in [0.2, 0.25) is 0 Å². The van der Waals surface area contributed by atoms with Crippen LogP contribution >= 0.6 is 12.2 Å². The Morgan fingerprint density at radius 3 is 2.59 bits per heavy atom. The molecule has 0 saturated heterocycles. The molecule has 1 aromatic carbocycles. The molecule has 22 heavy (non-hydrogen) atoms. The number of hydrogen-bond acceptors (Lipinski definition) is 4. The molecule has 2 N–H and O–H groups in total. The molecule has 1 heterocycles. The van der Waals surface area contributed by atoms with Crippen molar-refractivity contribution in [2.24, 2.45) is 5.10 Å². The second kappa shape index (κ2) is 8.09. The maximum absolute atomic E-state index is 5.18. The number of hydrogen-bond donors (Lipinski definition) is 2. The summed E-state index contributed by atoms with van der Waals surface area (Å²) in [5.74, 6) is 0.792. The fourth-order valence-electron chi connectivity index (χ4n) is 1.83. The third-order valence-electron chi connectivity index (χ3n) is 2.88. The van der Waals surface area contributed by atoms with Gasteiger partial charge in [-0.05, 0) is 55.5 Å². The third-order valence-corrected chi connectivity index (χ3v) is 3.11. The van der Waals surface area contributed by atoms with E-state index in [2.05, 4.69) is 20.8 Å². The van der Waals surface area contributed by atoms with Gasteiger partial charge in [-0.25, -0.2) is 0 Å². The van der Waals surface area contributed by atoms with Gasteiger partial charge in [-0.2, -0.15) is 5.10 Å². The Morgan fingerprint density at radius 2 is 2.00 bits per heavy atom. The highest BCUT2D eigenvalue weighted by molar-refractivity contribution is 7.80. The number of methoxy groups -OCH3 is 1. The first kappa shape index (κ1) is 15.9. The van der Waals surface area contributed by atoms with E-state index in [-0.39, 0.29) is 0 Å². The molecule has 6 heteroatoms. The molecule has 0 spiro atoms. The van der Waals surface area contributed by atoms with Gasteiger partial charge in [-0.15, -0.1) is 0 Å². The Kier molecular flexibility index (Phi) is 5.85. The topological polar surface area (TPSA) is 58.5 Å².